The summed E-state index contributed by atoms with van der Waals surface area (Å²) in [6.45, 7) is 0.213. The largest absolute Gasteiger partial charge is 0.385 e. The first-order valence-corrected chi connectivity index (χ1v) is 10.2. The lowest BCUT2D eigenvalue weighted by atomic mass is 10.2. The van der Waals surface area contributed by atoms with Crippen LogP contribution in [-0.2, 0) is 22.6 Å². The molecule has 1 amide bonds. The van der Waals surface area contributed by atoms with E-state index in [0.29, 0.717) is 24.2 Å². The van der Waals surface area contributed by atoms with Gasteiger partial charge in [-0.25, -0.2) is 18.4 Å². The van der Waals surface area contributed by atoms with Crippen LogP contribution in [0.3, 0.4) is 0 Å². The van der Waals surface area contributed by atoms with Gasteiger partial charge in [0.05, 0.1) is 5.02 Å². The van der Waals surface area contributed by atoms with Crippen molar-refractivity contribution in [2.75, 3.05) is 13.7 Å². The van der Waals surface area contributed by atoms with Gasteiger partial charge >= 0.3 is 0 Å². The molecule has 168 valence electrons. The second kappa shape index (κ2) is 10.9. The number of nitrogens with one attached hydrogen (secondary N) is 1. The number of aromatic nitrogens is 3. The Kier molecular flexibility index (Phi) is 8.02. The van der Waals surface area contributed by atoms with Crippen LogP contribution < -0.4 is 5.32 Å². The number of carbonyl (C=O) groups is 2. The highest BCUT2D eigenvalue weighted by molar-refractivity contribution is 6.30. The molecule has 0 aliphatic rings. The van der Waals surface area contributed by atoms with Gasteiger partial charge in [-0.15, -0.1) is 5.10 Å². The molecular weight excluding hydrogens is 442 g/mol. The second-order valence-corrected chi connectivity index (χ2v) is 7.38. The summed E-state index contributed by atoms with van der Waals surface area (Å²) in [5, 5.41) is 6.83. The number of hydrogen-bond acceptors (Lipinski definition) is 5. The van der Waals surface area contributed by atoms with E-state index in [1.807, 2.05) is 0 Å². The van der Waals surface area contributed by atoms with Crippen LogP contribution in [0.1, 0.15) is 29.0 Å². The van der Waals surface area contributed by atoms with Crippen LogP contribution in [0.2, 0.25) is 5.02 Å². The minimum absolute atomic E-state index is 0.0210. The third-order valence-electron chi connectivity index (χ3n) is 4.52. The molecule has 7 nitrogen and oxygen atoms in total. The van der Waals surface area contributed by atoms with Gasteiger partial charge in [-0.3, -0.25) is 9.59 Å². The number of halogens is 3. The Morgan fingerprint density at radius 2 is 2.00 bits per heavy atom. The molecular formula is C22H21ClF2N4O3. The van der Waals surface area contributed by atoms with E-state index in [4.69, 9.17) is 16.3 Å². The first-order chi connectivity index (χ1) is 15.4. The fourth-order valence-electron chi connectivity index (χ4n) is 2.94. The molecule has 1 aromatic heterocycles. The number of methoxy groups -OCH3 is 1. The van der Waals surface area contributed by atoms with Crippen LogP contribution in [0.25, 0.3) is 11.4 Å². The lowest BCUT2D eigenvalue weighted by molar-refractivity contribution is -0.122. The van der Waals surface area contributed by atoms with Gasteiger partial charge in [0.25, 0.3) is 0 Å². The van der Waals surface area contributed by atoms with E-state index in [1.54, 1.807) is 12.1 Å². The highest BCUT2D eigenvalue weighted by Crippen LogP contribution is 2.22. The van der Waals surface area contributed by atoms with Crippen molar-refractivity contribution in [1.82, 2.24) is 20.1 Å². The number of ketones is 1. The zero-order valence-corrected chi connectivity index (χ0v) is 18.0. The fourth-order valence-corrected chi connectivity index (χ4v) is 3.06. The molecule has 1 N–H and O–H groups in total. The maximum absolute atomic E-state index is 13.9. The minimum Gasteiger partial charge on any atom is -0.385 e. The van der Waals surface area contributed by atoms with Crippen molar-refractivity contribution < 1.29 is 23.1 Å². The Labute approximate surface area is 188 Å². The summed E-state index contributed by atoms with van der Waals surface area (Å²) in [6.07, 6.45) is 0.616. The molecule has 0 aliphatic carbocycles. The van der Waals surface area contributed by atoms with Crippen LogP contribution >= 0.6 is 11.6 Å². The molecule has 0 radical (unpaired) electrons. The van der Waals surface area contributed by atoms with Gasteiger partial charge in [-0.05, 0) is 42.3 Å². The van der Waals surface area contributed by atoms with Crippen molar-refractivity contribution in [2.45, 2.75) is 25.9 Å². The van der Waals surface area contributed by atoms with E-state index in [2.05, 4.69) is 15.4 Å². The first kappa shape index (κ1) is 23.5. The van der Waals surface area contributed by atoms with Crippen LogP contribution in [0, 0.1) is 11.6 Å². The Morgan fingerprint density at radius 3 is 2.72 bits per heavy atom. The number of rotatable bonds is 10. The Bertz CT molecular complexity index is 1120. The van der Waals surface area contributed by atoms with E-state index >= 15 is 0 Å². The van der Waals surface area contributed by atoms with Gasteiger partial charge in [0, 0.05) is 32.2 Å². The Balaban J connectivity index is 1.79. The molecule has 2 aromatic carbocycles. The van der Waals surface area contributed by atoms with Crippen LogP contribution in [0.5, 0.6) is 0 Å². The number of benzene rings is 2. The summed E-state index contributed by atoms with van der Waals surface area (Å²) in [4.78, 5) is 29.3. The van der Waals surface area contributed by atoms with Gasteiger partial charge in [0.15, 0.2) is 17.4 Å². The number of carbonyl (C=O) groups excluding carboxylic acids is 2. The number of hydrogen-bond donors (Lipinski definition) is 1. The molecule has 0 unspecified atom stereocenters. The summed E-state index contributed by atoms with van der Waals surface area (Å²) in [5.41, 5.74) is 0.905. The molecule has 0 saturated heterocycles. The number of nitrogens with zero attached hydrogens (tertiary/aromatic N) is 3. The number of Topliss-reactive ketones (excluding diaryl/α,β-unsaturated/α-hetero) is 1. The van der Waals surface area contributed by atoms with E-state index in [0.717, 1.165) is 6.07 Å². The molecule has 10 heteroatoms. The quantitative estimate of drug-likeness (QED) is 0.366. The molecule has 0 spiro atoms. The van der Waals surface area contributed by atoms with Crippen molar-refractivity contribution in [3.8, 4) is 11.4 Å². The minimum atomic E-state index is -0.652. The predicted octanol–water partition coefficient (Wildman–Crippen LogP) is 3.80. The van der Waals surface area contributed by atoms with Crippen molar-refractivity contribution in [3.05, 3.63) is 70.5 Å². The zero-order chi connectivity index (χ0) is 23.1. The molecule has 0 bridgehead atoms. The maximum Gasteiger partial charge on any atom is 0.242 e. The zero-order valence-electron chi connectivity index (χ0n) is 17.3. The van der Waals surface area contributed by atoms with Crippen molar-refractivity contribution in [1.29, 1.82) is 0 Å². The maximum atomic E-state index is 13.9. The van der Waals surface area contributed by atoms with Crippen LogP contribution in [-0.4, -0.2) is 40.2 Å². The molecule has 32 heavy (non-hydrogen) atoms. The lowest BCUT2D eigenvalue weighted by Crippen LogP contribution is -2.29. The monoisotopic (exact) mass is 462 g/mol. The van der Waals surface area contributed by atoms with Crippen LogP contribution in [0.4, 0.5) is 8.78 Å². The van der Waals surface area contributed by atoms with Crippen molar-refractivity contribution in [3.63, 3.8) is 0 Å². The van der Waals surface area contributed by atoms with Gasteiger partial charge in [0.1, 0.15) is 18.2 Å². The summed E-state index contributed by atoms with van der Waals surface area (Å²) >= 11 is 5.73. The van der Waals surface area contributed by atoms with Crippen molar-refractivity contribution in [2.24, 2.45) is 0 Å². The second-order valence-electron chi connectivity index (χ2n) is 6.97. The van der Waals surface area contributed by atoms with Gasteiger partial charge in [0.2, 0.25) is 5.91 Å². The van der Waals surface area contributed by atoms with E-state index in [-0.39, 0.29) is 42.0 Å². The number of ether oxygens (including phenoxy) is 1. The SMILES string of the molecule is COCCCC(=O)c1nc(-c2ccc(Cl)c(F)c2)nn1CC(=O)NCc1cccc(F)c1. The molecule has 0 saturated carbocycles. The first-order valence-electron chi connectivity index (χ1n) is 9.81. The third-order valence-corrected chi connectivity index (χ3v) is 4.83. The van der Waals surface area contributed by atoms with Crippen LogP contribution in [0.15, 0.2) is 42.5 Å². The predicted molar refractivity (Wildman–Crippen MR) is 114 cm³/mol. The Hall–Kier alpha value is -3.17. The topological polar surface area (TPSA) is 86.1 Å². The Morgan fingerprint density at radius 1 is 1.19 bits per heavy atom. The molecule has 3 rings (SSSR count). The van der Waals surface area contributed by atoms with E-state index in [9.17, 15) is 18.4 Å². The average Bonchev–Trinajstić information content (AvgIpc) is 3.18. The van der Waals surface area contributed by atoms with Gasteiger partial charge in [-0.2, -0.15) is 0 Å². The molecule has 0 aliphatic heterocycles. The number of amides is 1. The lowest BCUT2D eigenvalue weighted by Gasteiger charge is -2.07. The highest BCUT2D eigenvalue weighted by atomic mass is 35.5. The van der Waals surface area contributed by atoms with Gasteiger partial charge < -0.3 is 10.1 Å². The molecule has 3 aromatic rings. The third kappa shape index (κ3) is 6.18. The molecule has 0 atom stereocenters. The summed E-state index contributed by atoms with van der Waals surface area (Å²) < 4.78 is 33.3. The van der Waals surface area contributed by atoms with Crippen molar-refractivity contribution >= 4 is 23.3 Å². The molecule has 0 fully saturated rings. The highest BCUT2D eigenvalue weighted by Gasteiger charge is 2.20. The standard InChI is InChI=1S/C22H21ClF2N4O3/c1-32-9-3-6-19(30)22-27-21(15-7-8-17(23)18(25)11-15)28-29(22)13-20(31)26-12-14-4-2-5-16(24)10-14/h2,4-5,7-8,10-11H,3,6,9,12-13H2,1H3,(H,26,31). The summed E-state index contributed by atoms with van der Waals surface area (Å²) in [5.74, 6) is -1.76. The van der Waals surface area contributed by atoms with E-state index < -0.39 is 17.5 Å². The van der Waals surface area contributed by atoms with E-state index in [1.165, 1.54) is 36.1 Å². The van der Waals surface area contributed by atoms with Gasteiger partial charge in [-0.1, -0.05) is 23.7 Å². The summed E-state index contributed by atoms with van der Waals surface area (Å²) in [6, 6.07) is 9.88. The average molecular weight is 463 g/mol. The fraction of sp³-hybridized carbons (Fsp3) is 0.273. The summed E-state index contributed by atoms with van der Waals surface area (Å²) in [7, 11) is 1.53. The molecule has 1 heterocycles. The smallest absolute Gasteiger partial charge is 0.242 e. The normalized spacial score (nSPS) is 10.9.